The maximum Gasteiger partial charge on any atom is 0.239 e. The highest BCUT2D eigenvalue weighted by Crippen LogP contribution is 2.13. The zero-order chi connectivity index (χ0) is 17.4. The first kappa shape index (κ1) is 17.5. The summed E-state index contributed by atoms with van der Waals surface area (Å²) in [5.41, 5.74) is 2.34. The maximum absolute atomic E-state index is 11.9. The summed E-state index contributed by atoms with van der Waals surface area (Å²) in [7, 11) is 0. The summed E-state index contributed by atoms with van der Waals surface area (Å²) in [4.78, 5) is 23.3. The van der Waals surface area contributed by atoms with E-state index in [1.54, 1.807) is 18.2 Å². The predicted octanol–water partition coefficient (Wildman–Crippen LogP) is 3.02. The molecule has 0 aliphatic rings. The Hall–Kier alpha value is -2.82. The molecule has 0 aliphatic heterocycles. The molecular formula is C19H22N2O3. The minimum Gasteiger partial charge on any atom is -0.494 e. The van der Waals surface area contributed by atoms with Gasteiger partial charge in [-0.15, -0.1) is 0 Å². The second-order valence-corrected chi connectivity index (χ2v) is 5.35. The molecule has 2 N–H and O–H groups in total. The molecule has 0 heterocycles. The molecule has 1 amide bonds. The monoisotopic (exact) mass is 326 g/mol. The molecule has 0 radical (unpaired) electrons. The van der Waals surface area contributed by atoms with E-state index < -0.39 is 0 Å². The van der Waals surface area contributed by atoms with Gasteiger partial charge in [-0.3, -0.25) is 9.59 Å². The number of ketones is 1. The fourth-order valence-corrected chi connectivity index (χ4v) is 2.21. The molecule has 0 unspecified atom stereocenters. The lowest BCUT2D eigenvalue weighted by Crippen LogP contribution is -2.29. The van der Waals surface area contributed by atoms with Gasteiger partial charge in [-0.25, -0.2) is 0 Å². The molecule has 126 valence electrons. The van der Waals surface area contributed by atoms with E-state index in [9.17, 15) is 9.59 Å². The molecule has 0 aliphatic carbocycles. The zero-order valence-electron chi connectivity index (χ0n) is 14.0. The normalized spacial score (nSPS) is 10.1. The van der Waals surface area contributed by atoms with Crippen LogP contribution in [0.1, 0.15) is 29.8 Å². The molecule has 0 spiro atoms. The molecule has 0 fully saturated rings. The Labute approximate surface area is 142 Å². The van der Waals surface area contributed by atoms with E-state index in [0.717, 1.165) is 17.0 Å². The van der Waals surface area contributed by atoms with Crippen LogP contribution in [0.25, 0.3) is 0 Å². The van der Waals surface area contributed by atoms with Gasteiger partial charge in [0.25, 0.3) is 0 Å². The van der Waals surface area contributed by atoms with E-state index >= 15 is 0 Å². The Bertz CT molecular complexity index is 713. The molecule has 2 rings (SSSR count). The van der Waals surface area contributed by atoms with Gasteiger partial charge in [0, 0.05) is 17.8 Å². The Morgan fingerprint density at radius 2 is 1.88 bits per heavy atom. The lowest BCUT2D eigenvalue weighted by molar-refractivity contribution is -0.119. The minimum absolute atomic E-state index is 0.00252. The van der Waals surface area contributed by atoms with Gasteiger partial charge >= 0.3 is 0 Å². The van der Waals surface area contributed by atoms with Gasteiger partial charge in [0.1, 0.15) is 5.75 Å². The first-order valence-electron chi connectivity index (χ1n) is 7.92. The highest BCUT2D eigenvalue weighted by atomic mass is 16.5. The van der Waals surface area contributed by atoms with Crippen molar-refractivity contribution >= 4 is 17.4 Å². The fourth-order valence-electron chi connectivity index (χ4n) is 2.21. The molecule has 5 heteroatoms. The van der Waals surface area contributed by atoms with E-state index in [4.69, 9.17) is 4.74 Å². The number of rotatable bonds is 8. The number of Topliss-reactive ketones (excluding diaryl/α,β-unsaturated/α-hetero) is 1. The Balaban J connectivity index is 1.82. The largest absolute Gasteiger partial charge is 0.494 e. The van der Waals surface area contributed by atoms with Crippen LogP contribution in [0.5, 0.6) is 5.75 Å². The fraction of sp³-hybridized carbons (Fsp3) is 0.263. The van der Waals surface area contributed by atoms with Crippen molar-refractivity contribution in [3.8, 4) is 5.75 Å². The van der Waals surface area contributed by atoms with Crippen molar-refractivity contribution in [2.24, 2.45) is 0 Å². The number of ether oxygens (including phenoxy) is 1. The number of carbonyl (C=O) groups excluding carboxylic acids is 2. The van der Waals surface area contributed by atoms with E-state index in [-0.39, 0.29) is 18.2 Å². The molecular weight excluding hydrogens is 304 g/mol. The van der Waals surface area contributed by atoms with Crippen molar-refractivity contribution in [3.63, 3.8) is 0 Å². The molecule has 0 atom stereocenters. The summed E-state index contributed by atoms with van der Waals surface area (Å²) >= 11 is 0. The van der Waals surface area contributed by atoms with E-state index in [0.29, 0.717) is 18.7 Å². The summed E-state index contributed by atoms with van der Waals surface area (Å²) in [5, 5.41) is 5.87. The third-order valence-corrected chi connectivity index (χ3v) is 3.42. The third kappa shape index (κ3) is 5.43. The SMILES string of the molecule is CCOc1cccc(CNC(=O)CNc2cccc(C(C)=O)c2)c1. The van der Waals surface area contributed by atoms with Gasteiger partial charge < -0.3 is 15.4 Å². The van der Waals surface area contributed by atoms with Crippen LogP contribution in [-0.4, -0.2) is 24.8 Å². The van der Waals surface area contributed by atoms with Crippen molar-refractivity contribution in [2.45, 2.75) is 20.4 Å². The van der Waals surface area contributed by atoms with Gasteiger partial charge in [-0.05, 0) is 43.7 Å². The number of carbonyl (C=O) groups is 2. The molecule has 0 saturated heterocycles. The molecule has 2 aromatic carbocycles. The lowest BCUT2D eigenvalue weighted by atomic mass is 10.1. The van der Waals surface area contributed by atoms with Gasteiger partial charge in [-0.2, -0.15) is 0 Å². The molecule has 2 aromatic rings. The molecule has 5 nitrogen and oxygen atoms in total. The highest BCUT2D eigenvalue weighted by Gasteiger charge is 2.04. The number of anilines is 1. The highest BCUT2D eigenvalue weighted by molar-refractivity contribution is 5.95. The average Bonchev–Trinajstić information content (AvgIpc) is 2.59. The second-order valence-electron chi connectivity index (χ2n) is 5.35. The summed E-state index contributed by atoms with van der Waals surface area (Å²) < 4.78 is 5.44. The van der Waals surface area contributed by atoms with Crippen LogP contribution in [-0.2, 0) is 11.3 Å². The molecule has 0 saturated carbocycles. The number of benzene rings is 2. The van der Waals surface area contributed by atoms with Crippen LogP contribution in [0.2, 0.25) is 0 Å². The van der Waals surface area contributed by atoms with Gasteiger partial charge in [0.15, 0.2) is 5.78 Å². The van der Waals surface area contributed by atoms with Crippen molar-refractivity contribution in [1.29, 1.82) is 0 Å². The Morgan fingerprint density at radius 3 is 2.62 bits per heavy atom. The Kier molecular flexibility index (Phi) is 6.37. The van der Waals surface area contributed by atoms with Crippen LogP contribution in [0.3, 0.4) is 0 Å². The topological polar surface area (TPSA) is 67.4 Å². The second kappa shape index (κ2) is 8.72. The first-order valence-corrected chi connectivity index (χ1v) is 7.92. The number of amides is 1. The van der Waals surface area contributed by atoms with E-state index in [1.807, 2.05) is 37.3 Å². The number of hydrogen-bond acceptors (Lipinski definition) is 4. The molecule has 0 bridgehead atoms. The van der Waals surface area contributed by atoms with Crippen molar-refractivity contribution < 1.29 is 14.3 Å². The van der Waals surface area contributed by atoms with Gasteiger partial charge in [0.05, 0.1) is 13.2 Å². The first-order chi connectivity index (χ1) is 11.6. The number of hydrogen-bond donors (Lipinski definition) is 2. The smallest absolute Gasteiger partial charge is 0.239 e. The van der Waals surface area contributed by atoms with Crippen LogP contribution < -0.4 is 15.4 Å². The van der Waals surface area contributed by atoms with Crippen molar-refractivity contribution in [3.05, 3.63) is 59.7 Å². The standard InChI is InChI=1S/C19H22N2O3/c1-3-24-18-9-4-6-15(10-18)12-21-19(23)13-20-17-8-5-7-16(11-17)14(2)22/h4-11,20H,3,12-13H2,1-2H3,(H,21,23). The van der Waals surface area contributed by atoms with Crippen LogP contribution in [0.15, 0.2) is 48.5 Å². The zero-order valence-corrected chi connectivity index (χ0v) is 14.0. The van der Waals surface area contributed by atoms with Crippen LogP contribution >= 0.6 is 0 Å². The van der Waals surface area contributed by atoms with E-state index in [2.05, 4.69) is 10.6 Å². The maximum atomic E-state index is 11.9. The van der Waals surface area contributed by atoms with E-state index in [1.165, 1.54) is 6.92 Å². The predicted molar refractivity (Wildman–Crippen MR) is 94.4 cm³/mol. The average molecular weight is 326 g/mol. The van der Waals surface area contributed by atoms with Crippen molar-refractivity contribution in [2.75, 3.05) is 18.5 Å². The summed E-state index contributed by atoms with van der Waals surface area (Å²) in [6, 6.07) is 14.7. The third-order valence-electron chi connectivity index (χ3n) is 3.42. The number of nitrogens with one attached hydrogen (secondary N) is 2. The lowest BCUT2D eigenvalue weighted by Gasteiger charge is -2.10. The van der Waals surface area contributed by atoms with Gasteiger partial charge in [-0.1, -0.05) is 24.3 Å². The minimum atomic E-state index is -0.120. The van der Waals surface area contributed by atoms with Gasteiger partial charge in [0.2, 0.25) is 5.91 Å². The molecule has 0 aromatic heterocycles. The summed E-state index contributed by atoms with van der Waals surface area (Å²) in [5.74, 6) is 0.672. The van der Waals surface area contributed by atoms with Crippen LogP contribution in [0, 0.1) is 0 Å². The molecule has 24 heavy (non-hydrogen) atoms. The summed E-state index contributed by atoms with van der Waals surface area (Å²) in [6.07, 6.45) is 0. The van der Waals surface area contributed by atoms with Crippen LogP contribution in [0.4, 0.5) is 5.69 Å². The Morgan fingerprint density at radius 1 is 1.08 bits per heavy atom. The van der Waals surface area contributed by atoms with Crippen molar-refractivity contribution in [1.82, 2.24) is 5.32 Å². The quantitative estimate of drug-likeness (QED) is 0.732. The summed E-state index contributed by atoms with van der Waals surface area (Å²) in [6.45, 7) is 4.64.